The summed E-state index contributed by atoms with van der Waals surface area (Å²) < 4.78 is 5.86. The summed E-state index contributed by atoms with van der Waals surface area (Å²) in [5, 5.41) is 22.0. The highest BCUT2D eigenvalue weighted by molar-refractivity contribution is 5.27. The molecule has 0 heterocycles. The molecule has 0 spiro atoms. The SMILES string of the molecule is CCNC(CO)(COc1ccc(CCO)cc1)C1CC1. The molecule has 1 aromatic carbocycles. The van der Waals surface area contributed by atoms with Crippen LogP contribution in [0.2, 0.25) is 0 Å². The van der Waals surface area contributed by atoms with Crippen LogP contribution in [-0.4, -0.2) is 42.1 Å². The van der Waals surface area contributed by atoms with Gasteiger partial charge in [-0.15, -0.1) is 0 Å². The second-order valence-electron chi connectivity index (χ2n) is 5.53. The van der Waals surface area contributed by atoms with Crippen LogP contribution >= 0.6 is 0 Å². The van der Waals surface area contributed by atoms with Crippen molar-refractivity contribution in [2.75, 3.05) is 26.4 Å². The number of likely N-dealkylation sites (N-methyl/N-ethyl adjacent to an activating group) is 1. The molecule has 0 aliphatic heterocycles. The summed E-state index contributed by atoms with van der Waals surface area (Å²) in [6.07, 6.45) is 2.99. The van der Waals surface area contributed by atoms with Gasteiger partial charge < -0.3 is 20.3 Å². The van der Waals surface area contributed by atoms with Crippen LogP contribution in [0.4, 0.5) is 0 Å². The number of aliphatic hydroxyl groups excluding tert-OH is 2. The largest absolute Gasteiger partial charge is 0.492 e. The molecule has 0 saturated heterocycles. The fraction of sp³-hybridized carbons (Fsp3) is 0.625. The molecular weight excluding hydrogens is 254 g/mol. The van der Waals surface area contributed by atoms with Gasteiger partial charge in [0.05, 0.1) is 12.1 Å². The first-order chi connectivity index (χ1) is 9.74. The van der Waals surface area contributed by atoms with Crippen LogP contribution in [-0.2, 0) is 6.42 Å². The number of rotatable bonds is 9. The first-order valence-electron chi connectivity index (χ1n) is 7.42. The van der Waals surface area contributed by atoms with E-state index in [2.05, 4.69) is 12.2 Å². The van der Waals surface area contributed by atoms with E-state index < -0.39 is 0 Å². The number of hydrogen-bond donors (Lipinski definition) is 3. The number of nitrogens with one attached hydrogen (secondary N) is 1. The molecule has 0 aromatic heterocycles. The minimum absolute atomic E-state index is 0.105. The van der Waals surface area contributed by atoms with Crippen LogP contribution in [0.15, 0.2) is 24.3 Å². The predicted molar refractivity (Wildman–Crippen MR) is 78.9 cm³/mol. The molecule has 1 saturated carbocycles. The molecule has 1 aliphatic carbocycles. The molecule has 4 heteroatoms. The van der Waals surface area contributed by atoms with Crippen molar-refractivity contribution in [2.45, 2.75) is 31.7 Å². The maximum absolute atomic E-state index is 9.74. The molecule has 0 radical (unpaired) electrons. The lowest BCUT2D eigenvalue weighted by Crippen LogP contribution is -2.55. The van der Waals surface area contributed by atoms with Crippen LogP contribution in [0.1, 0.15) is 25.3 Å². The fourth-order valence-electron chi connectivity index (χ4n) is 2.63. The monoisotopic (exact) mass is 279 g/mol. The minimum atomic E-state index is -0.307. The molecule has 1 aliphatic rings. The first kappa shape index (κ1) is 15.3. The molecule has 2 rings (SSSR count). The van der Waals surface area contributed by atoms with E-state index in [0.29, 0.717) is 18.9 Å². The van der Waals surface area contributed by atoms with E-state index in [4.69, 9.17) is 9.84 Å². The summed E-state index contributed by atoms with van der Waals surface area (Å²) in [6, 6.07) is 7.78. The molecule has 1 atom stereocenters. The van der Waals surface area contributed by atoms with E-state index in [1.165, 1.54) is 0 Å². The maximum atomic E-state index is 9.74. The van der Waals surface area contributed by atoms with E-state index >= 15 is 0 Å². The van der Waals surface area contributed by atoms with Crippen LogP contribution < -0.4 is 10.1 Å². The Labute approximate surface area is 120 Å². The molecule has 1 unspecified atom stereocenters. The average Bonchev–Trinajstić information content (AvgIpc) is 3.30. The van der Waals surface area contributed by atoms with Crippen molar-refractivity contribution >= 4 is 0 Å². The molecule has 1 fully saturated rings. The van der Waals surface area contributed by atoms with Crippen molar-refractivity contribution in [3.63, 3.8) is 0 Å². The van der Waals surface area contributed by atoms with Gasteiger partial charge in [0.1, 0.15) is 12.4 Å². The van der Waals surface area contributed by atoms with Gasteiger partial charge in [0.15, 0.2) is 0 Å². The second-order valence-corrected chi connectivity index (χ2v) is 5.53. The van der Waals surface area contributed by atoms with E-state index in [1.807, 2.05) is 24.3 Å². The number of aliphatic hydroxyl groups is 2. The number of ether oxygens (including phenoxy) is 1. The average molecular weight is 279 g/mol. The number of benzene rings is 1. The van der Waals surface area contributed by atoms with Gasteiger partial charge in [-0.05, 0) is 49.4 Å². The van der Waals surface area contributed by atoms with E-state index in [9.17, 15) is 5.11 Å². The Balaban J connectivity index is 1.94. The summed E-state index contributed by atoms with van der Waals surface area (Å²) in [4.78, 5) is 0. The minimum Gasteiger partial charge on any atom is -0.492 e. The zero-order valence-electron chi connectivity index (χ0n) is 12.1. The fourth-order valence-corrected chi connectivity index (χ4v) is 2.63. The Hall–Kier alpha value is -1.10. The summed E-state index contributed by atoms with van der Waals surface area (Å²) in [7, 11) is 0. The molecule has 1 aromatic rings. The molecule has 3 N–H and O–H groups in total. The highest BCUT2D eigenvalue weighted by atomic mass is 16.5. The molecule has 0 amide bonds. The van der Waals surface area contributed by atoms with Crippen molar-refractivity contribution in [3.8, 4) is 5.75 Å². The van der Waals surface area contributed by atoms with Crippen LogP contribution in [0.5, 0.6) is 5.75 Å². The first-order valence-corrected chi connectivity index (χ1v) is 7.42. The van der Waals surface area contributed by atoms with E-state index in [-0.39, 0.29) is 18.8 Å². The Bertz CT molecular complexity index is 403. The molecule has 112 valence electrons. The third kappa shape index (κ3) is 3.72. The zero-order chi connectivity index (χ0) is 14.4. The summed E-state index contributed by atoms with van der Waals surface area (Å²) in [5.41, 5.74) is 0.792. The standard InChI is InChI=1S/C16H25NO3/c1-2-17-16(11-19,14-5-6-14)12-20-15-7-3-13(4-8-15)9-10-18/h3-4,7-8,14,17-19H,2,5-6,9-12H2,1H3. The molecule has 0 bridgehead atoms. The van der Waals surface area contributed by atoms with Gasteiger partial charge in [-0.3, -0.25) is 0 Å². The lowest BCUT2D eigenvalue weighted by molar-refractivity contribution is 0.0864. The molecule has 20 heavy (non-hydrogen) atoms. The quantitative estimate of drug-likeness (QED) is 0.638. The van der Waals surface area contributed by atoms with Gasteiger partial charge >= 0.3 is 0 Å². The van der Waals surface area contributed by atoms with Gasteiger partial charge in [0.25, 0.3) is 0 Å². The lowest BCUT2D eigenvalue weighted by atomic mass is 9.95. The topological polar surface area (TPSA) is 61.7 Å². The predicted octanol–water partition coefficient (Wildman–Crippen LogP) is 1.35. The van der Waals surface area contributed by atoms with Gasteiger partial charge in [-0.1, -0.05) is 19.1 Å². The van der Waals surface area contributed by atoms with Crippen molar-refractivity contribution in [1.29, 1.82) is 0 Å². The van der Waals surface area contributed by atoms with Crippen LogP contribution in [0.3, 0.4) is 0 Å². The van der Waals surface area contributed by atoms with E-state index in [0.717, 1.165) is 30.7 Å². The highest BCUT2D eigenvalue weighted by Crippen LogP contribution is 2.39. The van der Waals surface area contributed by atoms with Crippen LogP contribution in [0.25, 0.3) is 0 Å². The third-order valence-electron chi connectivity index (χ3n) is 3.99. The number of hydrogen-bond acceptors (Lipinski definition) is 4. The van der Waals surface area contributed by atoms with Crippen LogP contribution in [0, 0.1) is 5.92 Å². The zero-order valence-corrected chi connectivity index (χ0v) is 12.1. The Morgan fingerprint density at radius 2 is 1.95 bits per heavy atom. The summed E-state index contributed by atoms with van der Waals surface area (Å²) in [6.45, 7) is 3.64. The highest BCUT2D eigenvalue weighted by Gasteiger charge is 2.45. The van der Waals surface area contributed by atoms with Crippen molar-refractivity contribution in [1.82, 2.24) is 5.32 Å². The Morgan fingerprint density at radius 1 is 1.25 bits per heavy atom. The second kappa shape index (κ2) is 7.07. The normalized spacial score (nSPS) is 17.8. The smallest absolute Gasteiger partial charge is 0.119 e. The molecule has 4 nitrogen and oxygen atoms in total. The van der Waals surface area contributed by atoms with Crippen molar-refractivity contribution in [2.24, 2.45) is 5.92 Å². The lowest BCUT2D eigenvalue weighted by Gasteiger charge is -2.32. The molecular formula is C16H25NO3. The van der Waals surface area contributed by atoms with E-state index in [1.54, 1.807) is 0 Å². The third-order valence-corrected chi connectivity index (χ3v) is 3.99. The van der Waals surface area contributed by atoms with Gasteiger partial charge in [-0.25, -0.2) is 0 Å². The van der Waals surface area contributed by atoms with Gasteiger partial charge in [-0.2, -0.15) is 0 Å². The van der Waals surface area contributed by atoms with Gasteiger partial charge in [0.2, 0.25) is 0 Å². The Kier molecular flexibility index (Phi) is 5.40. The van der Waals surface area contributed by atoms with Gasteiger partial charge in [0, 0.05) is 6.61 Å². The van der Waals surface area contributed by atoms with Crippen molar-refractivity contribution in [3.05, 3.63) is 29.8 Å². The summed E-state index contributed by atoms with van der Waals surface area (Å²) >= 11 is 0. The van der Waals surface area contributed by atoms with Crippen molar-refractivity contribution < 1.29 is 14.9 Å². The maximum Gasteiger partial charge on any atom is 0.119 e. The Morgan fingerprint density at radius 3 is 2.45 bits per heavy atom. The summed E-state index contributed by atoms with van der Waals surface area (Å²) in [5.74, 6) is 1.32.